The number of halogens is 2. The molecule has 76 valence electrons. The predicted molar refractivity (Wildman–Crippen MR) is 45.3 cm³/mol. The molecule has 0 saturated carbocycles. The van der Waals surface area contributed by atoms with E-state index in [0.29, 0.717) is 0 Å². The number of anilines is 1. The summed E-state index contributed by atoms with van der Waals surface area (Å²) in [7, 11) is 0. The van der Waals surface area contributed by atoms with Gasteiger partial charge in [0, 0.05) is 6.20 Å². The average molecular weight is 202 g/mol. The number of carboxylic acid groups (broad SMARTS) is 1. The van der Waals surface area contributed by atoms with Crippen LogP contribution in [0.25, 0.3) is 0 Å². The van der Waals surface area contributed by atoms with E-state index in [4.69, 9.17) is 10.8 Å². The second kappa shape index (κ2) is 3.57. The maximum atomic E-state index is 12.3. The van der Waals surface area contributed by atoms with E-state index in [1.807, 2.05) is 0 Å². The van der Waals surface area contributed by atoms with Gasteiger partial charge >= 0.3 is 5.97 Å². The second-order valence-corrected chi connectivity index (χ2v) is 2.72. The highest BCUT2D eigenvalue weighted by Crippen LogP contribution is 2.27. The van der Waals surface area contributed by atoms with Crippen LogP contribution in [0.3, 0.4) is 0 Å². The monoisotopic (exact) mass is 202 g/mol. The van der Waals surface area contributed by atoms with Crippen LogP contribution in [0.2, 0.25) is 0 Å². The van der Waals surface area contributed by atoms with Gasteiger partial charge < -0.3 is 10.8 Å². The van der Waals surface area contributed by atoms with Crippen LogP contribution < -0.4 is 5.73 Å². The van der Waals surface area contributed by atoms with Crippen LogP contribution in [0.4, 0.5) is 14.5 Å². The number of aromatic nitrogens is 1. The van der Waals surface area contributed by atoms with E-state index in [-0.39, 0.29) is 11.1 Å². The van der Waals surface area contributed by atoms with Crippen molar-refractivity contribution in [3.63, 3.8) is 0 Å². The maximum absolute atomic E-state index is 12.3. The van der Waals surface area contributed by atoms with E-state index in [2.05, 4.69) is 4.98 Å². The van der Waals surface area contributed by atoms with Crippen LogP contribution in [-0.4, -0.2) is 16.1 Å². The van der Waals surface area contributed by atoms with Crippen molar-refractivity contribution in [3.05, 3.63) is 23.0 Å². The smallest absolute Gasteiger partial charge is 0.338 e. The van der Waals surface area contributed by atoms with Crippen molar-refractivity contribution in [1.82, 2.24) is 4.98 Å². The van der Waals surface area contributed by atoms with E-state index >= 15 is 0 Å². The molecule has 0 saturated heterocycles. The molecule has 0 fully saturated rings. The molecule has 0 unspecified atom stereocenters. The van der Waals surface area contributed by atoms with Gasteiger partial charge in [-0.1, -0.05) is 0 Å². The first-order valence-corrected chi connectivity index (χ1v) is 3.71. The van der Waals surface area contributed by atoms with Gasteiger partial charge in [-0.25, -0.2) is 13.6 Å². The fraction of sp³-hybridized carbons (Fsp3) is 0.250. The summed E-state index contributed by atoms with van der Waals surface area (Å²) in [6, 6.07) is 0. The number of hydrogen-bond donors (Lipinski definition) is 2. The third-order valence-electron chi connectivity index (χ3n) is 1.76. The Labute approximate surface area is 78.4 Å². The van der Waals surface area contributed by atoms with Gasteiger partial charge in [-0.15, -0.1) is 0 Å². The molecular weight excluding hydrogens is 194 g/mol. The molecule has 0 aliphatic carbocycles. The summed E-state index contributed by atoms with van der Waals surface area (Å²) in [5.41, 5.74) is 4.06. The molecule has 0 atom stereocenters. The average Bonchev–Trinajstić information content (AvgIpc) is 2.02. The summed E-state index contributed by atoms with van der Waals surface area (Å²) in [4.78, 5) is 14.0. The van der Waals surface area contributed by atoms with Crippen molar-refractivity contribution >= 4 is 11.7 Å². The Bertz CT molecular complexity index is 380. The Hall–Kier alpha value is -1.72. The fourth-order valence-corrected chi connectivity index (χ4v) is 1.10. The van der Waals surface area contributed by atoms with Crippen molar-refractivity contribution in [2.24, 2.45) is 0 Å². The first kappa shape index (κ1) is 10.4. The Morgan fingerprint density at radius 2 is 2.21 bits per heavy atom. The molecule has 0 radical (unpaired) electrons. The normalized spacial score (nSPS) is 10.6. The number of aromatic carboxylic acids is 1. The molecular formula is C8H8F2N2O2. The van der Waals surface area contributed by atoms with Gasteiger partial charge in [-0.3, -0.25) is 4.98 Å². The Balaban J connectivity index is 3.41. The van der Waals surface area contributed by atoms with E-state index in [9.17, 15) is 13.6 Å². The number of pyridine rings is 1. The molecule has 3 N–H and O–H groups in total. The summed E-state index contributed by atoms with van der Waals surface area (Å²) in [5, 5.41) is 8.70. The van der Waals surface area contributed by atoms with E-state index in [1.54, 1.807) is 0 Å². The Kier molecular flexibility index (Phi) is 2.64. The van der Waals surface area contributed by atoms with Gasteiger partial charge in [-0.05, 0) is 12.5 Å². The van der Waals surface area contributed by atoms with Crippen molar-refractivity contribution < 1.29 is 18.7 Å². The highest BCUT2D eigenvalue weighted by atomic mass is 19.3. The number of carboxylic acids is 1. The van der Waals surface area contributed by atoms with E-state index in [1.165, 1.54) is 6.92 Å². The van der Waals surface area contributed by atoms with E-state index in [0.717, 1.165) is 6.20 Å². The predicted octanol–water partition coefficient (Wildman–Crippen LogP) is 1.61. The second-order valence-electron chi connectivity index (χ2n) is 2.72. The molecule has 4 nitrogen and oxygen atoms in total. The molecule has 1 aromatic heterocycles. The van der Waals surface area contributed by atoms with Gasteiger partial charge in [0.15, 0.2) is 0 Å². The van der Waals surface area contributed by atoms with Crippen LogP contribution >= 0.6 is 0 Å². The van der Waals surface area contributed by atoms with Gasteiger partial charge in [0.2, 0.25) is 0 Å². The molecule has 0 amide bonds. The lowest BCUT2D eigenvalue weighted by Gasteiger charge is -2.08. The molecule has 0 aliphatic heterocycles. The zero-order chi connectivity index (χ0) is 10.9. The van der Waals surface area contributed by atoms with Crippen LogP contribution in [-0.2, 0) is 0 Å². The number of alkyl halides is 2. The molecule has 1 heterocycles. The number of aryl methyl sites for hydroxylation is 1. The SMILES string of the molecule is Cc1cnc(C(F)F)c(N)c1C(=O)O. The zero-order valence-electron chi connectivity index (χ0n) is 7.29. The number of hydrogen-bond acceptors (Lipinski definition) is 3. The number of rotatable bonds is 2. The van der Waals surface area contributed by atoms with Crippen LogP contribution in [0.15, 0.2) is 6.20 Å². The molecule has 1 rings (SSSR count). The quantitative estimate of drug-likeness (QED) is 0.763. The standard InChI is InChI=1S/C8H8F2N2O2/c1-3-2-12-6(7(9)10)5(11)4(3)8(13)14/h2,7H,11H2,1H3,(H,13,14). The minimum Gasteiger partial charge on any atom is -0.478 e. The highest BCUT2D eigenvalue weighted by molar-refractivity contribution is 5.95. The molecule has 0 aromatic carbocycles. The first-order valence-electron chi connectivity index (χ1n) is 3.71. The first-order chi connectivity index (χ1) is 6.45. The number of nitrogens with two attached hydrogens (primary N) is 1. The molecule has 1 aromatic rings. The molecule has 14 heavy (non-hydrogen) atoms. The summed E-state index contributed by atoms with van der Waals surface area (Å²) >= 11 is 0. The van der Waals surface area contributed by atoms with Crippen molar-refractivity contribution in [2.75, 3.05) is 5.73 Å². The van der Waals surface area contributed by atoms with Crippen LogP contribution in [0.5, 0.6) is 0 Å². The molecule has 0 spiro atoms. The van der Waals surface area contributed by atoms with Crippen molar-refractivity contribution in [2.45, 2.75) is 13.3 Å². The fourth-order valence-electron chi connectivity index (χ4n) is 1.10. The van der Waals surface area contributed by atoms with Gasteiger partial charge in [0.1, 0.15) is 5.69 Å². The largest absolute Gasteiger partial charge is 0.478 e. The number of nitrogens with zero attached hydrogens (tertiary/aromatic N) is 1. The Morgan fingerprint density at radius 1 is 1.64 bits per heavy atom. The summed E-state index contributed by atoms with van der Waals surface area (Å²) in [6.07, 6.45) is -1.80. The lowest BCUT2D eigenvalue weighted by Crippen LogP contribution is -2.10. The van der Waals surface area contributed by atoms with E-state index < -0.39 is 23.8 Å². The minimum atomic E-state index is -2.87. The van der Waals surface area contributed by atoms with Crippen LogP contribution in [0, 0.1) is 6.92 Å². The number of carbonyl (C=O) groups is 1. The lowest BCUT2D eigenvalue weighted by molar-refractivity contribution is 0.0696. The Morgan fingerprint density at radius 3 is 2.64 bits per heavy atom. The zero-order valence-corrected chi connectivity index (χ0v) is 7.29. The minimum absolute atomic E-state index is 0.263. The van der Waals surface area contributed by atoms with Gasteiger partial charge in [0.25, 0.3) is 6.43 Å². The molecule has 0 aliphatic rings. The summed E-state index contributed by atoms with van der Waals surface area (Å²) in [6.45, 7) is 1.45. The van der Waals surface area contributed by atoms with Gasteiger partial charge in [-0.2, -0.15) is 0 Å². The summed E-state index contributed by atoms with van der Waals surface area (Å²) in [5.74, 6) is -1.33. The third kappa shape index (κ3) is 1.63. The molecule has 6 heteroatoms. The van der Waals surface area contributed by atoms with Crippen molar-refractivity contribution in [3.8, 4) is 0 Å². The highest BCUT2D eigenvalue weighted by Gasteiger charge is 2.20. The third-order valence-corrected chi connectivity index (χ3v) is 1.76. The number of nitrogen functional groups attached to an aromatic ring is 1. The van der Waals surface area contributed by atoms with Crippen LogP contribution in [0.1, 0.15) is 28.0 Å². The summed E-state index contributed by atoms with van der Waals surface area (Å²) < 4.78 is 24.5. The lowest BCUT2D eigenvalue weighted by atomic mass is 10.1. The molecule has 0 bridgehead atoms. The maximum Gasteiger partial charge on any atom is 0.338 e. The topological polar surface area (TPSA) is 76.2 Å². The van der Waals surface area contributed by atoms with Crippen molar-refractivity contribution in [1.29, 1.82) is 0 Å². The van der Waals surface area contributed by atoms with Gasteiger partial charge in [0.05, 0.1) is 11.3 Å².